The molecule has 3 aromatic rings. The lowest BCUT2D eigenvalue weighted by molar-refractivity contribution is 0.415. The maximum Gasteiger partial charge on any atom is 0.251 e. The molecule has 0 aliphatic heterocycles. The molecular weight excluding hydrogens is 376 g/mol. The van der Waals surface area contributed by atoms with Crippen molar-refractivity contribution >= 4 is 20.9 Å². The summed E-state index contributed by atoms with van der Waals surface area (Å²) in [4.78, 5) is 15.4. The molecule has 7 heteroatoms. The third-order valence-electron chi connectivity index (χ3n) is 5.20. The fourth-order valence-electron chi connectivity index (χ4n) is 3.66. The van der Waals surface area contributed by atoms with Crippen LogP contribution in [0.4, 0.5) is 0 Å². The molecule has 2 aromatic carbocycles. The van der Waals surface area contributed by atoms with Gasteiger partial charge in [-0.1, -0.05) is 6.07 Å². The summed E-state index contributed by atoms with van der Waals surface area (Å²) in [7, 11) is -2.02. The molecule has 146 valence electrons. The smallest absolute Gasteiger partial charge is 0.251 e. The summed E-state index contributed by atoms with van der Waals surface area (Å²) in [5.41, 5.74) is 3.35. The number of rotatable bonds is 6. The molecule has 1 heterocycles. The Morgan fingerprint density at radius 3 is 2.71 bits per heavy atom. The molecule has 1 aliphatic rings. The number of H-pyrrole nitrogens is 1. The van der Waals surface area contributed by atoms with Crippen molar-refractivity contribution in [1.29, 1.82) is 0 Å². The Hall–Kier alpha value is -2.64. The van der Waals surface area contributed by atoms with E-state index >= 15 is 0 Å². The first-order valence-corrected chi connectivity index (χ1v) is 10.8. The largest absolute Gasteiger partial charge is 0.497 e. The van der Waals surface area contributed by atoms with Crippen LogP contribution >= 0.6 is 0 Å². The van der Waals surface area contributed by atoms with Crippen LogP contribution in [0.2, 0.25) is 0 Å². The fraction of sp³-hybridized carbons (Fsp3) is 0.286. The molecule has 2 N–H and O–H groups in total. The van der Waals surface area contributed by atoms with Crippen molar-refractivity contribution in [2.75, 3.05) is 13.7 Å². The number of ether oxygens (including phenoxy) is 1. The summed E-state index contributed by atoms with van der Waals surface area (Å²) < 4.78 is 32.9. The van der Waals surface area contributed by atoms with E-state index in [0.29, 0.717) is 23.3 Å². The standard InChI is InChI=1S/C21H22N2O4S/c1-27-18-7-5-16-11-17(21(24)23-20(16)13-18)9-10-22-28(25,26)19-8-6-14-3-2-4-15(14)12-19/h5-8,11-13,22H,2-4,9-10H2,1H3,(H,23,24). The van der Waals surface area contributed by atoms with Gasteiger partial charge in [0.2, 0.25) is 10.0 Å². The average molecular weight is 398 g/mol. The van der Waals surface area contributed by atoms with Crippen molar-refractivity contribution in [2.24, 2.45) is 0 Å². The molecule has 0 saturated carbocycles. The monoisotopic (exact) mass is 398 g/mol. The average Bonchev–Trinajstić information content (AvgIpc) is 3.15. The van der Waals surface area contributed by atoms with E-state index in [1.165, 1.54) is 5.56 Å². The van der Waals surface area contributed by atoms with Crippen LogP contribution in [0.1, 0.15) is 23.1 Å². The van der Waals surface area contributed by atoms with Gasteiger partial charge in [0.1, 0.15) is 5.75 Å². The van der Waals surface area contributed by atoms with Gasteiger partial charge < -0.3 is 9.72 Å². The van der Waals surface area contributed by atoms with Crippen molar-refractivity contribution in [1.82, 2.24) is 9.71 Å². The van der Waals surface area contributed by atoms with Crippen molar-refractivity contribution in [2.45, 2.75) is 30.6 Å². The molecule has 1 aliphatic carbocycles. The van der Waals surface area contributed by atoms with Gasteiger partial charge in [-0.2, -0.15) is 0 Å². The SMILES string of the molecule is COc1ccc2cc(CCNS(=O)(=O)c3ccc4c(c3)CCC4)c(=O)[nH]c2c1. The normalized spacial score (nSPS) is 13.6. The predicted octanol–water partition coefficient (Wildman–Crippen LogP) is 2.55. The van der Waals surface area contributed by atoms with E-state index in [-0.39, 0.29) is 17.0 Å². The highest BCUT2D eigenvalue weighted by Gasteiger charge is 2.18. The number of aromatic amines is 1. The third kappa shape index (κ3) is 3.68. The molecule has 4 rings (SSSR count). The molecule has 0 unspecified atom stereocenters. The van der Waals surface area contributed by atoms with Gasteiger partial charge in [0, 0.05) is 18.2 Å². The zero-order valence-electron chi connectivity index (χ0n) is 15.6. The van der Waals surface area contributed by atoms with Crippen molar-refractivity contribution in [3.63, 3.8) is 0 Å². The summed E-state index contributed by atoms with van der Waals surface area (Å²) in [6.07, 6.45) is 3.32. The second kappa shape index (κ2) is 7.41. The van der Waals surface area contributed by atoms with Gasteiger partial charge in [-0.15, -0.1) is 0 Å². The van der Waals surface area contributed by atoms with E-state index in [1.807, 2.05) is 18.2 Å². The Kier molecular flexibility index (Phi) is 4.95. The lowest BCUT2D eigenvalue weighted by atomic mass is 10.1. The van der Waals surface area contributed by atoms with Crippen LogP contribution < -0.4 is 15.0 Å². The van der Waals surface area contributed by atoms with Crippen LogP contribution in [0, 0.1) is 0 Å². The van der Waals surface area contributed by atoms with Crippen molar-refractivity contribution in [3.05, 3.63) is 69.5 Å². The van der Waals surface area contributed by atoms with Crippen LogP contribution in [0.3, 0.4) is 0 Å². The minimum atomic E-state index is -3.60. The summed E-state index contributed by atoms with van der Waals surface area (Å²) in [6.45, 7) is 0.157. The highest BCUT2D eigenvalue weighted by Crippen LogP contribution is 2.24. The van der Waals surface area contributed by atoms with E-state index in [4.69, 9.17) is 4.74 Å². The molecule has 0 spiro atoms. The first kappa shape index (κ1) is 18.7. The van der Waals surface area contributed by atoms with Crippen LogP contribution in [-0.4, -0.2) is 27.1 Å². The number of benzene rings is 2. The Labute approximate surface area is 163 Å². The molecule has 0 fully saturated rings. The highest BCUT2D eigenvalue weighted by atomic mass is 32.2. The maximum atomic E-state index is 12.6. The number of hydrogen-bond donors (Lipinski definition) is 2. The number of hydrogen-bond acceptors (Lipinski definition) is 4. The number of nitrogens with one attached hydrogen (secondary N) is 2. The summed E-state index contributed by atoms with van der Waals surface area (Å²) >= 11 is 0. The molecule has 6 nitrogen and oxygen atoms in total. The molecule has 1 aromatic heterocycles. The Balaban J connectivity index is 1.48. The summed E-state index contributed by atoms with van der Waals surface area (Å²) in [6, 6.07) is 12.6. The number of pyridine rings is 1. The minimum absolute atomic E-state index is 0.157. The Bertz CT molecular complexity index is 1200. The number of aromatic nitrogens is 1. The second-order valence-electron chi connectivity index (χ2n) is 7.01. The van der Waals surface area contributed by atoms with Gasteiger partial charge >= 0.3 is 0 Å². The maximum absolute atomic E-state index is 12.6. The van der Waals surface area contributed by atoms with Crippen LogP contribution in [-0.2, 0) is 29.3 Å². The van der Waals surface area contributed by atoms with Gasteiger partial charge in [0.05, 0.1) is 17.5 Å². The van der Waals surface area contributed by atoms with E-state index < -0.39 is 10.0 Å². The molecule has 28 heavy (non-hydrogen) atoms. The summed E-state index contributed by atoms with van der Waals surface area (Å²) in [5, 5.41) is 0.872. The van der Waals surface area contributed by atoms with Crippen molar-refractivity contribution < 1.29 is 13.2 Å². The minimum Gasteiger partial charge on any atom is -0.497 e. The molecule has 0 saturated heterocycles. The van der Waals surface area contributed by atoms with Crippen LogP contribution in [0.15, 0.2) is 52.2 Å². The topological polar surface area (TPSA) is 88.3 Å². The van der Waals surface area contributed by atoms with E-state index in [2.05, 4.69) is 9.71 Å². The Morgan fingerprint density at radius 1 is 1.07 bits per heavy atom. The quantitative estimate of drug-likeness (QED) is 0.668. The first-order valence-electron chi connectivity index (χ1n) is 9.28. The highest BCUT2D eigenvalue weighted by molar-refractivity contribution is 7.89. The third-order valence-corrected chi connectivity index (χ3v) is 6.66. The number of methoxy groups -OCH3 is 1. The van der Waals surface area contributed by atoms with Gasteiger partial charge in [0.15, 0.2) is 0 Å². The van der Waals surface area contributed by atoms with Gasteiger partial charge in [-0.3, -0.25) is 4.79 Å². The Morgan fingerprint density at radius 2 is 1.89 bits per heavy atom. The lowest BCUT2D eigenvalue weighted by Crippen LogP contribution is -2.27. The zero-order valence-corrected chi connectivity index (χ0v) is 16.4. The summed E-state index contributed by atoms with van der Waals surface area (Å²) in [5.74, 6) is 0.665. The van der Waals surface area contributed by atoms with Crippen LogP contribution in [0.25, 0.3) is 10.9 Å². The number of fused-ring (bicyclic) bond motifs is 2. The second-order valence-corrected chi connectivity index (χ2v) is 8.78. The molecule has 0 atom stereocenters. The van der Waals surface area contributed by atoms with E-state index in [0.717, 1.165) is 30.2 Å². The lowest BCUT2D eigenvalue weighted by Gasteiger charge is -2.09. The van der Waals surface area contributed by atoms with E-state index in [1.54, 1.807) is 31.4 Å². The van der Waals surface area contributed by atoms with Crippen LogP contribution in [0.5, 0.6) is 5.75 Å². The van der Waals surface area contributed by atoms with Gasteiger partial charge in [-0.05, 0) is 72.5 Å². The first-order chi connectivity index (χ1) is 13.5. The predicted molar refractivity (Wildman–Crippen MR) is 108 cm³/mol. The van der Waals surface area contributed by atoms with Crippen molar-refractivity contribution in [3.8, 4) is 5.75 Å². The number of sulfonamides is 1. The molecule has 0 radical (unpaired) electrons. The van der Waals surface area contributed by atoms with Gasteiger partial charge in [0.25, 0.3) is 5.56 Å². The number of aryl methyl sites for hydroxylation is 2. The zero-order chi connectivity index (χ0) is 19.7. The molecule has 0 bridgehead atoms. The molecular formula is C21H22N2O4S. The van der Waals surface area contributed by atoms with Gasteiger partial charge in [-0.25, -0.2) is 13.1 Å². The van der Waals surface area contributed by atoms with E-state index in [9.17, 15) is 13.2 Å². The fourth-order valence-corrected chi connectivity index (χ4v) is 4.74. The molecule has 0 amide bonds.